The number of nitro benzene ring substituents is 1. The molecule has 1 aromatic rings. The van der Waals surface area contributed by atoms with E-state index in [1.54, 1.807) is 17.9 Å². The highest BCUT2D eigenvalue weighted by Crippen LogP contribution is 2.32. The molecule has 0 radical (unpaired) electrons. The van der Waals surface area contributed by atoms with Gasteiger partial charge in [0.25, 0.3) is 11.6 Å². The summed E-state index contributed by atoms with van der Waals surface area (Å²) in [5, 5.41) is 11.1. The summed E-state index contributed by atoms with van der Waals surface area (Å²) in [5.41, 5.74) is 12.3. The van der Waals surface area contributed by atoms with Crippen molar-refractivity contribution in [2.24, 2.45) is 11.1 Å². The molecule has 120 valence electrons. The van der Waals surface area contributed by atoms with Crippen LogP contribution in [0.5, 0.6) is 0 Å². The van der Waals surface area contributed by atoms with Gasteiger partial charge in [0.1, 0.15) is 5.69 Å². The number of nitrogens with zero attached hydrogens (tertiary/aromatic N) is 2. The predicted octanol–water partition coefficient (Wildman–Crippen LogP) is 1.68. The molecule has 1 amide bonds. The van der Waals surface area contributed by atoms with Crippen molar-refractivity contribution >= 4 is 17.3 Å². The molecule has 4 N–H and O–H groups in total. The fourth-order valence-electron chi connectivity index (χ4n) is 2.82. The summed E-state index contributed by atoms with van der Waals surface area (Å²) in [6, 6.07) is 3.01. The second-order valence-electron chi connectivity index (χ2n) is 6.61. The van der Waals surface area contributed by atoms with Crippen LogP contribution in [-0.2, 0) is 0 Å². The smallest absolute Gasteiger partial charge is 0.293 e. The maximum Gasteiger partial charge on any atom is 0.293 e. The first-order valence-electron chi connectivity index (χ1n) is 7.23. The average molecular weight is 306 g/mol. The van der Waals surface area contributed by atoms with Gasteiger partial charge in [0.05, 0.1) is 10.5 Å². The van der Waals surface area contributed by atoms with Crippen LogP contribution >= 0.6 is 0 Å². The number of nitrogen functional groups attached to an aromatic ring is 1. The normalized spacial score (nSPS) is 20.7. The number of anilines is 1. The average Bonchev–Trinajstić information content (AvgIpc) is 2.42. The van der Waals surface area contributed by atoms with Crippen molar-refractivity contribution in [3.05, 3.63) is 33.4 Å². The van der Waals surface area contributed by atoms with Crippen LogP contribution in [0.1, 0.15) is 36.2 Å². The summed E-state index contributed by atoms with van der Waals surface area (Å²) in [5.74, 6) is -0.274. The molecule has 7 nitrogen and oxygen atoms in total. The molecule has 0 aromatic heterocycles. The molecular weight excluding hydrogens is 284 g/mol. The van der Waals surface area contributed by atoms with E-state index in [2.05, 4.69) is 0 Å². The van der Waals surface area contributed by atoms with Gasteiger partial charge < -0.3 is 16.4 Å². The molecule has 0 aliphatic carbocycles. The molecule has 0 spiro atoms. The number of amides is 1. The quantitative estimate of drug-likeness (QED) is 0.490. The lowest BCUT2D eigenvalue weighted by atomic mass is 9.79. The van der Waals surface area contributed by atoms with Crippen molar-refractivity contribution in [3.8, 4) is 0 Å². The number of carbonyl (C=O) groups is 1. The molecule has 1 heterocycles. The molecule has 1 aromatic carbocycles. The van der Waals surface area contributed by atoms with Crippen LogP contribution in [-0.4, -0.2) is 34.9 Å². The van der Waals surface area contributed by atoms with Crippen LogP contribution in [0, 0.1) is 22.5 Å². The Bertz CT molecular complexity index is 627. The summed E-state index contributed by atoms with van der Waals surface area (Å²) in [6.07, 6.45) is 0.701. The molecule has 1 saturated heterocycles. The lowest BCUT2D eigenvalue weighted by molar-refractivity contribution is -0.384. The van der Waals surface area contributed by atoms with E-state index in [0.29, 0.717) is 25.1 Å². The van der Waals surface area contributed by atoms with Crippen molar-refractivity contribution in [1.29, 1.82) is 0 Å². The second kappa shape index (κ2) is 5.57. The van der Waals surface area contributed by atoms with Crippen LogP contribution in [0.15, 0.2) is 12.1 Å². The largest absolute Gasteiger partial charge is 0.393 e. The molecule has 1 fully saturated rings. The fourth-order valence-corrected chi connectivity index (χ4v) is 2.82. The number of piperidine rings is 1. The summed E-state index contributed by atoms with van der Waals surface area (Å²) in [6.45, 7) is 6.77. The Balaban J connectivity index is 2.36. The Morgan fingerprint density at radius 2 is 2.09 bits per heavy atom. The van der Waals surface area contributed by atoms with E-state index in [4.69, 9.17) is 11.5 Å². The molecule has 0 saturated carbocycles. The van der Waals surface area contributed by atoms with Gasteiger partial charge in [-0.25, -0.2) is 0 Å². The molecule has 2 rings (SSSR count). The van der Waals surface area contributed by atoms with Gasteiger partial charge in [0.2, 0.25) is 0 Å². The minimum Gasteiger partial charge on any atom is -0.393 e. The van der Waals surface area contributed by atoms with Gasteiger partial charge in [0.15, 0.2) is 0 Å². The van der Waals surface area contributed by atoms with Gasteiger partial charge in [-0.3, -0.25) is 14.9 Å². The molecule has 7 heteroatoms. The summed E-state index contributed by atoms with van der Waals surface area (Å²) >= 11 is 0. The SMILES string of the molecule is Cc1cc(C(=O)N2CCC(N)C(C)(C)C2)c(N)c([N+](=O)[O-])c1. The van der Waals surface area contributed by atoms with E-state index in [9.17, 15) is 14.9 Å². The highest BCUT2D eigenvalue weighted by atomic mass is 16.6. The minimum absolute atomic E-state index is 0.0285. The van der Waals surface area contributed by atoms with Gasteiger partial charge in [-0.05, 0) is 30.4 Å². The third-order valence-electron chi connectivity index (χ3n) is 4.33. The zero-order valence-electron chi connectivity index (χ0n) is 13.1. The first-order valence-corrected chi connectivity index (χ1v) is 7.23. The van der Waals surface area contributed by atoms with Gasteiger partial charge in [-0.15, -0.1) is 0 Å². The lowest BCUT2D eigenvalue weighted by Gasteiger charge is -2.42. The molecule has 0 bridgehead atoms. The standard InChI is InChI=1S/C15H22N4O3/c1-9-6-10(13(17)11(7-9)19(21)22)14(20)18-5-4-12(16)15(2,3)8-18/h6-7,12H,4-5,8,16-17H2,1-3H3. The molecule has 1 aliphatic heterocycles. The molecule has 1 aliphatic rings. The Morgan fingerprint density at radius 1 is 1.45 bits per heavy atom. The van der Waals surface area contributed by atoms with E-state index in [1.807, 2.05) is 13.8 Å². The highest BCUT2D eigenvalue weighted by molar-refractivity contribution is 6.01. The Hall–Kier alpha value is -2.15. The van der Waals surface area contributed by atoms with Gasteiger partial charge in [0, 0.05) is 25.2 Å². The van der Waals surface area contributed by atoms with Crippen molar-refractivity contribution in [1.82, 2.24) is 4.90 Å². The maximum absolute atomic E-state index is 12.7. The first-order chi connectivity index (χ1) is 10.1. The Kier molecular flexibility index (Phi) is 4.10. The topological polar surface area (TPSA) is 115 Å². The van der Waals surface area contributed by atoms with Crippen LogP contribution in [0.2, 0.25) is 0 Å². The highest BCUT2D eigenvalue weighted by Gasteiger charge is 2.36. The molecule has 1 unspecified atom stereocenters. The maximum atomic E-state index is 12.7. The van der Waals surface area contributed by atoms with Gasteiger partial charge >= 0.3 is 0 Å². The number of hydrogen-bond donors (Lipinski definition) is 2. The zero-order chi connectivity index (χ0) is 16.7. The van der Waals surface area contributed by atoms with Crippen molar-refractivity contribution in [2.75, 3.05) is 18.8 Å². The third-order valence-corrected chi connectivity index (χ3v) is 4.33. The second-order valence-corrected chi connectivity index (χ2v) is 6.61. The van der Waals surface area contributed by atoms with E-state index in [0.717, 1.165) is 0 Å². The van der Waals surface area contributed by atoms with Gasteiger partial charge in [-0.2, -0.15) is 0 Å². The fraction of sp³-hybridized carbons (Fsp3) is 0.533. The van der Waals surface area contributed by atoms with Crippen LogP contribution in [0.3, 0.4) is 0 Å². The van der Waals surface area contributed by atoms with E-state index >= 15 is 0 Å². The molecule has 1 atom stereocenters. The van der Waals surface area contributed by atoms with Crippen LogP contribution in [0.25, 0.3) is 0 Å². The lowest BCUT2D eigenvalue weighted by Crippen LogP contribution is -2.54. The number of rotatable bonds is 2. The predicted molar refractivity (Wildman–Crippen MR) is 84.5 cm³/mol. The number of nitrogens with two attached hydrogens (primary N) is 2. The van der Waals surface area contributed by atoms with Crippen LogP contribution < -0.4 is 11.5 Å². The monoisotopic (exact) mass is 306 g/mol. The summed E-state index contributed by atoms with van der Waals surface area (Å²) in [7, 11) is 0. The number of aryl methyl sites for hydroxylation is 1. The van der Waals surface area contributed by atoms with Crippen molar-refractivity contribution < 1.29 is 9.72 Å². The number of benzene rings is 1. The van der Waals surface area contributed by atoms with Crippen LogP contribution in [0.4, 0.5) is 11.4 Å². The van der Waals surface area contributed by atoms with Crippen molar-refractivity contribution in [2.45, 2.75) is 33.2 Å². The van der Waals surface area contributed by atoms with Crippen molar-refractivity contribution in [3.63, 3.8) is 0 Å². The number of carbonyl (C=O) groups excluding carboxylic acids is 1. The van der Waals surface area contributed by atoms with Gasteiger partial charge in [-0.1, -0.05) is 13.8 Å². The number of likely N-dealkylation sites (tertiary alicyclic amines) is 1. The number of nitro groups is 1. The third kappa shape index (κ3) is 2.89. The molecular formula is C15H22N4O3. The van der Waals surface area contributed by atoms with E-state index < -0.39 is 4.92 Å². The number of hydrogen-bond acceptors (Lipinski definition) is 5. The minimum atomic E-state index is -0.560. The summed E-state index contributed by atoms with van der Waals surface area (Å²) < 4.78 is 0. The zero-order valence-corrected chi connectivity index (χ0v) is 13.1. The van der Waals surface area contributed by atoms with E-state index in [1.165, 1.54) is 6.07 Å². The first kappa shape index (κ1) is 16.2. The Labute approximate surface area is 129 Å². The molecule has 22 heavy (non-hydrogen) atoms. The Morgan fingerprint density at radius 3 is 2.64 bits per heavy atom. The summed E-state index contributed by atoms with van der Waals surface area (Å²) in [4.78, 5) is 24.9. The van der Waals surface area contributed by atoms with E-state index in [-0.39, 0.29) is 34.3 Å².